The van der Waals surface area contributed by atoms with Crippen LogP contribution >= 0.6 is 0 Å². The lowest BCUT2D eigenvalue weighted by molar-refractivity contribution is -0.0113. The fraction of sp³-hybridized carbons (Fsp3) is 1.00. The van der Waals surface area contributed by atoms with Gasteiger partial charge in [-0.05, 0) is 31.1 Å². The van der Waals surface area contributed by atoms with Crippen LogP contribution in [0, 0.1) is 5.41 Å². The standard InChI is InChI=1S/C11H20O/c1-12-10-6-5-9-11(10)7-3-2-4-8-11/h10H,2-9H2,1H3. The lowest BCUT2D eigenvalue weighted by atomic mass is 9.71. The van der Waals surface area contributed by atoms with Crippen LogP contribution in [-0.2, 0) is 4.74 Å². The highest BCUT2D eigenvalue weighted by Gasteiger charge is 2.43. The van der Waals surface area contributed by atoms with Gasteiger partial charge in [-0.3, -0.25) is 0 Å². The first-order valence-corrected chi connectivity index (χ1v) is 5.40. The fourth-order valence-electron chi connectivity index (χ4n) is 3.30. The molecule has 0 bridgehead atoms. The molecular formula is C11H20O. The maximum atomic E-state index is 5.60. The second-order valence-corrected chi connectivity index (χ2v) is 4.54. The van der Waals surface area contributed by atoms with Crippen LogP contribution in [0.5, 0.6) is 0 Å². The number of hydrogen-bond donors (Lipinski definition) is 0. The molecule has 0 radical (unpaired) electrons. The average molecular weight is 168 g/mol. The van der Waals surface area contributed by atoms with Gasteiger partial charge in [-0.2, -0.15) is 0 Å². The molecule has 1 nitrogen and oxygen atoms in total. The first-order valence-electron chi connectivity index (χ1n) is 5.40. The normalized spacial score (nSPS) is 34.2. The topological polar surface area (TPSA) is 9.23 Å². The summed E-state index contributed by atoms with van der Waals surface area (Å²) in [6.07, 6.45) is 12.0. The molecule has 0 saturated heterocycles. The van der Waals surface area contributed by atoms with E-state index in [4.69, 9.17) is 4.74 Å². The van der Waals surface area contributed by atoms with Gasteiger partial charge in [0.05, 0.1) is 6.10 Å². The van der Waals surface area contributed by atoms with Crippen LogP contribution in [0.4, 0.5) is 0 Å². The molecule has 0 aromatic rings. The summed E-state index contributed by atoms with van der Waals surface area (Å²) in [6, 6.07) is 0. The number of rotatable bonds is 1. The molecule has 0 aromatic carbocycles. The number of methoxy groups -OCH3 is 1. The molecule has 2 aliphatic rings. The molecule has 0 amide bonds. The maximum absolute atomic E-state index is 5.60. The van der Waals surface area contributed by atoms with E-state index in [-0.39, 0.29) is 0 Å². The molecule has 12 heavy (non-hydrogen) atoms. The summed E-state index contributed by atoms with van der Waals surface area (Å²) in [6.45, 7) is 0. The Morgan fingerprint density at radius 3 is 2.33 bits per heavy atom. The first kappa shape index (κ1) is 8.55. The molecule has 70 valence electrons. The predicted molar refractivity (Wildman–Crippen MR) is 50.2 cm³/mol. The van der Waals surface area contributed by atoms with Gasteiger partial charge in [0.25, 0.3) is 0 Å². The van der Waals surface area contributed by atoms with Crippen LogP contribution in [0.3, 0.4) is 0 Å². The highest BCUT2D eigenvalue weighted by Crippen LogP contribution is 2.50. The molecule has 2 aliphatic carbocycles. The Hall–Kier alpha value is -0.0400. The number of hydrogen-bond acceptors (Lipinski definition) is 1. The van der Waals surface area contributed by atoms with Gasteiger partial charge in [-0.15, -0.1) is 0 Å². The Morgan fingerprint density at radius 2 is 1.67 bits per heavy atom. The zero-order valence-electron chi connectivity index (χ0n) is 8.14. The molecule has 1 atom stereocenters. The third kappa shape index (κ3) is 1.28. The highest BCUT2D eigenvalue weighted by atomic mass is 16.5. The van der Waals surface area contributed by atoms with E-state index in [2.05, 4.69) is 0 Å². The van der Waals surface area contributed by atoms with E-state index in [1.165, 1.54) is 51.4 Å². The molecule has 0 aliphatic heterocycles. The van der Waals surface area contributed by atoms with Crippen molar-refractivity contribution in [2.45, 2.75) is 57.5 Å². The van der Waals surface area contributed by atoms with Gasteiger partial charge in [-0.25, -0.2) is 0 Å². The third-order valence-electron chi connectivity index (χ3n) is 3.96. The van der Waals surface area contributed by atoms with Crippen LogP contribution in [0.1, 0.15) is 51.4 Å². The van der Waals surface area contributed by atoms with Gasteiger partial charge in [0, 0.05) is 7.11 Å². The molecule has 0 heterocycles. The van der Waals surface area contributed by atoms with Crippen molar-refractivity contribution in [1.29, 1.82) is 0 Å². The summed E-state index contributed by atoms with van der Waals surface area (Å²) in [5.74, 6) is 0. The summed E-state index contributed by atoms with van der Waals surface area (Å²) in [4.78, 5) is 0. The Labute approximate surface area is 75.5 Å². The van der Waals surface area contributed by atoms with Crippen molar-refractivity contribution in [2.24, 2.45) is 5.41 Å². The average Bonchev–Trinajstić information content (AvgIpc) is 2.49. The van der Waals surface area contributed by atoms with E-state index in [0.29, 0.717) is 11.5 Å². The summed E-state index contributed by atoms with van der Waals surface area (Å²) in [5, 5.41) is 0. The fourth-order valence-corrected chi connectivity index (χ4v) is 3.30. The van der Waals surface area contributed by atoms with Crippen molar-refractivity contribution in [3.63, 3.8) is 0 Å². The van der Waals surface area contributed by atoms with E-state index in [0.717, 1.165) is 0 Å². The predicted octanol–water partition coefficient (Wildman–Crippen LogP) is 3.14. The molecule has 1 spiro atoms. The van der Waals surface area contributed by atoms with Crippen LogP contribution in [0.2, 0.25) is 0 Å². The van der Waals surface area contributed by atoms with Crippen LogP contribution in [0.25, 0.3) is 0 Å². The first-order chi connectivity index (χ1) is 5.87. The van der Waals surface area contributed by atoms with Crippen molar-refractivity contribution in [2.75, 3.05) is 7.11 Å². The Morgan fingerprint density at radius 1 is 1.00 bits per heavy atom. The van der Waals surface area contributed by atoms with Gasteiger partial charge in [0.15, 0.2) is 0 Å². The van der Waals surface area contributed by atoms with Crippen molar-refractivity contribution in [1.82, 2.24) is 0 Å². The second kappa shape index (κ2) is 3.37. The highest BCUT2D eigenvalue weighted by molar-refractivity contribution is 4.94. The maximum Gasteiger partial charge on any atom is 0.0627 e. The molecule has 0 N–H and O–H groups in total. The quantitative estimate of drug-likeness (QED) is 0.584. The molecule has 2 saturated carbocycles. The summed E-state index contributed by atoms with van der Waals surface area (Å²) >= 11 is 0. The van der Waals surface area contributed by atoms with E-state index >= 15 is 0 Å². The Kier molecular flexibility index (Phi) is 2.40. The zero-order valence-corrected chi connectivity index (χ0v) is 8.14. The van der Waals surface area contributed by atoms with Gasteiger partial charge in [0.1, 0.15) is 0 Å². The number of ether oxygens (including phenoxy) is 1. The zero-order chi connectivity index (χ0) is 8.44. The molecule has 2 fully saturated rings. The van der Waals surface area contributed by atoms with E-state index in [1.807, 2.05) is 7.11 Å². The summed E-state index contributed by atoms with van der Waals surface area (Å²) < 4.78 is 5.60. The van der Waals surface area contributed by atoms with E-state index < -0.39 is 0 Å². The minimum atomic E-state index is 0.595. The minimum absolute atomic E-state index is 0.595. The van der Waals surface area contributed by atoms with Crippen LogP contribution in [-0.4, -0.2) is 13.2 Å². The largest absolute Gasteiger partial charge is 0.381 e. The molecule has 1 unspecified atom stereocenters. The van der Waals surface area contributed by atoms with Gasteiger partial charge < -0.3 is 4.74 Å². The van der Waals surface area contributed by atoms with Crippen LogP contribution < -0.4 is 0 Å². The summed E-state index contributed by atoms with van der Waals surface area (Å²) in [7, 11) is 1.90. The van der Waals surface area contributed by atoms with Crippen molar-refractivity contribution in [3.8, 4) is 0 Å². The molecule has 2 rings (SSSR count). The summed E-state index contributed by atoms with van der Waals surface area (Å²) in [5.41, 5.74) is 0.618. The Bertz CT molecular complexity index is 147. The molecule has 0 aromatic heterocycles. The SMILES string of the molecule is COC1CCCC12CCCCC2. The van der Waals surface area contributed by atoms with Gasteiger partial charge in [-0.1, -0.05) is 25.7 Å². The smallest absolute Gasteiger partial charge is 0.0627 e. The van der Waals surface area contributed by atoms with Gasteiger partial charge >= 0.3 is 0 Å². The van der Waals surface area contributed by atoms with E-state index in [1.54, 1.807) is 0 Å². The van der Waals surface area contributed by atoms with Crippen molar-refractivity contribution < 1.29 is 4.74 Å². The van der Waals surface area contributed by atoms with Crippen molar-refractivity contribution in [3.05, 3.63) is 0 Å². The lowest BCUT2D eigenvalue weighted by Gasteiger charge is -2.38. The lowest BCUT2D eigenvalue weighted by Crippen LogP contribution is -2.33. The van der Waals surface area contributed by atoms with Crippen molar-refractivity contribution >= 4 is 0 Å². The second-order valence-electron chi connectivity index (χ2n) is 4.54. The van der Waals surface area contributed by atoms with Gasteiger partial charge in [0.2, 0.25) is 0 Å². The third-order valence-corrected chi connectivity index (χ3v) is 3.96. The molecular weight excluding hydrogens is 148 g/mol. The monoisotopic (exact) mass is 168 g/mol. The van der Waals surface area contributed by atoms with E-state index in [9.17, 15) is 0 Å². The Balaban J connectivity index is 2.05. The minimum Gasteiger partial charge on any atom is -0.381 e. The molecule has 1 heteroatoms. The van der Waals surface area contributed by atoms with Crippen LogP contribution in [0.15, 0.2) is 0 Å².